The Morgan fingerprint density at radius 2 is 1.31 bits per heavy atom. The summed E-state index contributed by atoms with van der Waals surface area (Å²) in [5.41, 5.74) is 1.55. The predicted octanol–water partition coefficient (Wildman–Crippen LogP) is 3.16. The topological polar surface area (TPSA) is 101 Å². The average molecular weight is 417 g/mol. The summed E-state index contributed by atoms with van der Waals surface area (Å²) < 4.78 is 0. The van der Waals surface area contributed by atoms with Gasteiger partial charge in [-0.3, -0.25) is 19.2 Å². The number of nitrogens with zero attached hydrogens (tertiary/aromatic N) is 4. The lowest BCUT2D eigenvalue weighted by atomic mass is 10.0. The van der Waals surface area contributed by atoms with Crippen LogP contribution in [-0.2, 0) is 25.6 Å². The maximum Gasteiger partial charge on any atom is 0.241 e. The molecule has 9 heteroatoms. The van der Waals surface area contributed by atoms with Crippen molar-refractivity contribution in [2.75, 3.05) is 9.80 Å². The number of anilines is 2. The Labute approximate surface area is 173 Å². The minimum absolute atomic E-state index is 0.00155. The van der Waals surface area contributed by atoms with Crippen molar-refractivity contribution in [1.29, 1.82) is 0 Å². The van der Waals surface area contributed by atoms with E-state index in [4.69, 9.17) is 11.6 Å². The molecule has 0 fully saturated rings. The number of carbonyl (C=O) groups is 4. The lowest BCUT2D eigenvalue weighted by molar-refractivity contribution is -0.125. The Balaban J connectivity index is 2.92. The van der Waals surface area contributed by atoms with Crippen molar-refractivity contribution in [2.24, 2.45) is 0 Å². The second kappa shape index (κ2) is 8.91. The van der Waals surface area contributed by atoms with Gasteiger partial charge in [0.25, 0.3) is 0 Å². The summed E-state index contributed by atoms with van der Waals surface area (Å²) in [7, 11) is 0. The van der Waals surface area contributed by atoms with E-state index in [9.17, 15) is 19.2 Å². The lowest BCUT2D eigenvalue weighted by Crippen LogP contribution is -2.38. The summed E-state index contributed by atoms with van der Waals surface area (Å²) in [6.07, 6.45) is 0.397. The van der Waals surface area contributed by atoms with Crippen molar-refractivity contribution in [1.82, 2.24) is 9.97 Å². The van der Waals surface area contributed by atoms with Gasteiger partial charge in [-0.1, -0.05) is 30.7 Å². The molecule has 0 saturated carbocycles. The monoisotopic (exact) mass is 416 g/mol. The molecule has 0 aliphatic rings. The molecule has 1 aromatic heterocycles. The zero-order valence-electron chi connectivity index (χ0n) is 16.8. The summed E-state index contributed by atoms with van der Waals surface area (Å²) in [5.74, 6) is -2.47. The maximum absolute atomic E-state index is 12.2. The molecular formula is C20H21ClN4O4. The molecule has 2 rings (SSSR count). The smallest absolute Gasteiger partial charge is 0.241 e. The maximum atomic E-state index is 12.2. The summed E-state index contributed by atoms with van der Waals surface area (Å²) in [5, 5.41) is 0.514. The second-order valence-electron chi connectivity index (χ2n) is 6.28. The fraction of sp³-hybridized carbons (Fsp3) is 0.300. The summed E-state index contributed by atoms with van der Waals surface area (Å²) >= 11 is 5.98. The number of halogens is 1. The van der Waals surface area contributed by atoms with E-state index >= 15 is 0 Å². The largest absolute Gasteiger partial charge is 0.274 e. The van der Waals surface area contributed by atoms with Gasteiger partial charge in [-0.05, 0) is 24.1 Å². The molecule has 152 valence electrons. The van der Waals surface area contributed by atoms with Crippen LogP contribution in [0.2, 0.25) is 5.02 Å². The quantitative estimate of drug-likeness (QED) is 0.758. The zero-order valence-corrected chi connectivity index (χ0v) is 17.6. The lowest BCUT2D eigenvalue weighted by Gasteiger charge is -2.24. The van der Waals surface area contributed by atoms with Gasteiger partial charge in [-0.25, -0.2) is 14.8 Å². The van der Waals surface area contributed by atoms with E-state index in [-0.39, 0.29) is 11.8 Å². The Hall–Kier alpha value is -3.13. The molecular weight excluding hydrogens is 396 g/mol. The van der Waals surface area contributed by atoms with Crippen molar-refractivity contribution >= 4 is 47.0 Å². The number of hydrogen-bond acceptors (Lipinski definition) is 6. The summed E-state index contributed by atoms with van der Waals surface area (Å²) in [6.45, 7) is 6.70. The van der Waals surface area contributed by atoms with Crippen LogP contribution in [0.1, 0.15) is 40.3 Å². The van der Waals surface area contributed by atoms with Gasteiger partial charge < -0.3 is 0 Å². The molecule has 8 nitrogen and oxygen atoms in total. The molecule has 0 unspecified atom stereocenters. The third-order valence-corrected chi connectivity index (χ3v) is 4.34. The molecule has 0 aliphatic heterocycles. The zero-order chi connectivity index (χ0) is 21.9. The minimum atomic E-state index is -0.582. The van der Waals surface area contributed by atoms with E-state index in [1.807, 2.05) is 6.92 Å². The molecule has 0 aliphatic carbocycles. The van der Waals surface area contributed by atoms with Crippen LogP contribution in [0, 0.1) is 0 Å². The van der Waals surface area contributed by atoms with Gasteiger partial charge in [0.05, 0.1) is 5.69 Å². The minimum Gasteiger partial charge on any atom is -0.274 e. The van der Waals surface area contributed by atoms with Crippen molar-refractivity contribution in [3.8, 4) is 11.1 Å². The van der Waals surface area contributed by atoms with Crippen LogP contribution in [0.5, 0.6) is 0 Å². The number of benzene rings is 1. The van der Waals surface area contributed by atoms with Crippen LogP contribution in [-0.4, -0.2) is 33.6 Å². The highest BCUT2D eigenvalue weighted by molar-refractivity contribution is 6.30. The highest BCUT2D eigenvalue weighted by Crippen LogP contribution is 2.35. The van der Waals surface area contributed by atoms with E-state index in [1.54, 1.807) is 24.3 Å². The van der Waals surface area contributed by atoms with Crippen LogP contribution >= 0.6 is 11.6 Å². The number of aryl methyl sites for hydroxylation is 1. The van der Waals surface area contributed by atoms with E-state index < -0.39 is 23.6 Å². The molecule has 1 aromatic carbocycles. The van der Waals surface area contributed by atoms with Crippen LogP contribution in [0.4, 0.5) is 11.8 Å². The van der Waals surface area contributed by atoms with Crippen molar-refractivity contribution in [3.05, 3.63) is 35.0 Å². The number of amides is 4. The van der Waals surface area contributed by atoms with Crippen molar-refractivity contribution < 1.29 is 19.2 Å². The Morgan fingerprint density at radius 3 is 1.72 bits per heavy atom. The highest BCUT2D eigenvalue weighted by atomic mass is 35.5. The normalized spacial score (nSPS) is 10.4. The number of carbonyl (C=O) groups excluding carboxylic acids is 4. The van der Waals surface area contributed by atoms with Crippen molar-refractivity contribution in [2.45, 2.75) is 41.0 Å². The van der Waals surface area contributed by atoms with Crippen LogP contribution in [0.3, 0.4) is 0 Å². The molecule has 2 aromatic rings. The first-order valence-electron chi connectivity index (χ1n) is 8.87. The predicted molar refractivity (Wildman–Crippen MR) is 110 cm³/mol. The first-order chi connectivity index (χ1) is 13.6. The SMILES string of the molecule is CCc1nc(N(C(C)=O)C(C)=O)nc(N(C(C)=O)C(C)=O)c1-c1ccc(Cl)cc1. The van der Waals surface area contributed by atoms with Gasteiger partial charge in [0.15, 0.2) is 5.82 Å². The number of rotatable bonds is 4. The molecule has 0 saturated heterocycles. The van der Waals surface area contributed by atoms with Crippen molar-refractivity contribution in [3.63, 3.8) is 0 Å². The molecule has 0 N–H and O–H groups in total. The second-order valence-corrected chi connectivity index (χ2v) is 6.71. The third kappa shape index (κ3) is 4.65. The third-order valence-electron chi connectivity index (χ3n) is 4.09. The van der Waals surface area contributed by atoms with E-state index in [2.05, 4.69) is 9.97 Å². The number of imide groups is 2. The average Bonchev–Trinajstić information content (AvgIpc) is 2.61. The standard InChI is InChI=1S/C20H21ClN4O4/c1-6-17-18(15-7-9-16(21)10-8-15)19(24(11(2)26)12(3)27)23-20(22-17)25(13(4)28)14(5)29/h7-10H,6H2,1-5H3. The molecule has 29 heavy (non-hydrogen) atoms. The first-order valence-corrected chi connectivity index (χ1v) is 9.25. The molecule has 0 spiro atoms. The fourth-order valence-corrected chi connectivity index (χ4v) is 3.06. The van der Waals surface area contributed by atoms with E-state index in [0.29, 0.717) is 28.3 Å². The number of hydrogen-bond donors (Lipinski definition) is 0. The van der Waals surface area contributed by atoms with E-state index in [1.165, 1.54) is 27.7 Å². The van der Waals surface area contributed by atoms with Gasteiger partial charge in [0, 0.05) is 38.3 Å². The number of aromatic nitrogens is 2. The van der Waals surface area contributed by atoms with Crippen LogP contribution < -0.4 is 9.80 Å². The van der Waals surface area contributed by atoms with Crippen LogP contribution in [0.15, 0.2) is 24.3 Å². The summed E-state index contributed by atoms with van der Waals surface area (Å²) in [6, 6.07) is 6.76. The Bertz CT molecular complexity index is 961. The first kappa shape index (κ1) is 22.2. The molecule has 1 heterocycles. The van der Waals surface area contributed by atoms with Gasteiger partial charge >= 0.3 is 0 Å². The molecule has 0 atom stereocenters. The molecule has 0 radical (unpaired) electrons. The van der Waals surface area contributed by atoms with Gasteiger partial charge in [-0.2, -0.15) is 4.98 Å². The Kier molecular flexibility index (Phi) is 6.81. The van der Waals surface area contributed by atoms with E-state index in [0.717, 1.165) is 9.80 Å². The van der Waals surface area contributed by atoms with Gasteiger partial charge in [-0.15, -0.1) is 0 Å². The van der Waals surface area contributed by atoms with Gasteiger partial charge in [0.1, 0.15) is 0 Å². The Morgan fingerprint density at radius 1 is 0.828 bits per heavy atom. The highest BCUT2D eigenvalue weighted by Gasteiger charge is 2.29. The molecule has 0 bridgehead atoms. The molecule has 4 amide bonds. The fourth-order valence-electron chi connectivity index (χ4n) is 2.93. The summed E-state index contributed by atoms with van der Waals surface area (Å²) in [4.78, 5) is 58.8. The van der Waals surface area contributed by atoms with Crippen LogP contribution in [0.25, 0.3) is 11.1 Å². The van der Waals surface area contributed by atoms with Gasteiger partial charge in [0.2, 0.25) is 29.6 Å².